The van der Waals surface area contributed by atoms with Crippen LogP contribution in [0, 0.1) is 0 Å². The van der Waals surface area contributed by atoms with Gasteiger partial charge in [0, 0.05) is 0 Å². The Morgan fingerprint density at radius 1 is 1.22 bits per heavy atom. The summed E-state index contributed by atoms with van der Waals surface area (Å²) in [5.74, 6) is 0.901. The first kappa shape index (κ1) is 6.95. The monoisotopic (exact) mass is 204 g/mol. The van der Waals surface area contributed by atoms with Gasteiger partial charge in [0.1, 0.15) is 0 Å². The molecule has 46 valence electrons. The molecule has 0 saturated carbocycles. The molecule has 0 aliphatic rings. The third-order valence-electron chi connectivity index (χ3n) is 0.886. The van der Waals surface area contributed by atoms with E-state index in [1.165, 1.54) is 0 Å². The van der Waals surface area contributed by atoms with Crippen LogP contribution < -0.4 is 4.52 Å². The standard InChI is InChI=1S/C6H5OPSe/c9-8-7-6-4-2-1-3-5-6/h1-5H. The number of hydrogen-bond donors (Lipinski definition) is 0. The predicted octanol–water partition coefficient (Wildman–Crippen LogP) is 2.01. The van der Waals surface area contributed by atoms with Gasteiger partial charge in [-0.05, 0) is 0 Å². The van der Waals surface area contributed by atoms with Gasteiger partial charge in [-0.25, -0.2) is 0 Å². The van der Waals surface area contributed by atoms with Crippen molar-refractivity contribution in [2.45, 2.75) is 0 Å². The van der Waals surface area contributed by atoms with Crippen molar-refractivity contribution in [2.24, 2.45) is 0 Å². The average molecular weight is 203 g/mol. The van der Waals surface area contributed by atoms with Crippen LogP contribution in [0.25, 0.3) is 0 Å². The number of para-hydroxylation sites is 1. The molecule has 0 unspecified atom stereocenters. The minimum atomic E-state index is 0.820. The van der Waals surface area contributed by atoms with Crippen LogP contribution in [0.5, 0.6) is 5.75 Å². The molecule has 0 fully saturated rings. The van der Waals surface area contributed by atoms with Crippen LogP contribution in [0.4, 0.5) is 0 Å². The third kappa shape index (κ3) is 2.28. The molecule has 1 nitrogen and oxygen atoms in total. The number of rotatable bonds is 2. The van der Waals surface area contributed by atoms with Gasteiger partial charge in [0.25, 0.3) is 0 Å². The fraction of sp³-hybridized carbons (Fsp3) is 0. The van der Waals surface area contributed by atoms with Gasteiger partial charge in [0.2, 0.25) is 0 Å². The van der Waals surface area contributed by atoms with Crippen LogP contribution in [0.15, 0.2) is 30.3 Å². The van der Waals surface area contributed by atoms with Gasteiger partial charge >= 0.3 is 62.8 Å². The van der Waals surface area contributed by atoms with E-state index in [0.29, 0.717) is 0 Å². The molecule has 9 heavy (non-hydrogen) atoms. The Morgan fingerprint density at radius 3 is 2.44 bits per heavy atom. The topological polar surface area (TPSA) is 9.23 Å². The normalized spacial score (nSPS) is 9.33. The van der Waals surface area contributed by atoms with E-state index in [2.05, 4.69) is 15.1 Å². The molecule has 1 rings (SSSR count). The summed E-state index contributed by atoms with van der Waals surface area (Å²) in [5, 5.41) is 0. The Labute approximate surface area is 63.2 Å². The Bertz CT molecular complexity index is 188. The van der Waals surface area contributed by atoms with Crippen molar-refractivity contribution < 1.29 is 4.52 Å². The first-order valence-corrected chi connectivity index (χ1v) is 5.51. The van der Waals surface area contributed by atoms with Crippen LogP contribution in [-0.2, 0) is 0 Å². The third-order valence-corrected chi connectivity index (χ3v) is 1.64. The zero-order valence-corrected chi connectivity index (χ0v) is 7.26. The van der Waals surface area contributed by atoms with Crippen molar-refractivity contribution in [3.63, 3.8) is 0 Å². The molecule has 0 radical (unpaired) electrons. The molecular weight excluding hydrogens is 198 g/mol. The molecular formula is C6H5OPSe. The summed E-state index contributed by atoms with van der Waals surface area (Å²) in [6.07, 6.45) is 0. The van der Waals surface area contributed by atoms with Crippen molar-refractivity contribution in [3.05, 3.63) is 30.3 Å². The zero-order valence-electron chi connectivity index (χ0n) is 4.65. The molecule has 0 spiro atoms. The van der Waals surface area contributed by atoms with Gasteiger partial charge in [-0.3, -0.25) is 0 Å². The SMILES string of the molecule is [Se]=POc1ccccc1. The Balaban J connectivity index is 2.72. The molecule has 0 aliphatic carbocycles. The van der Waals surface area contributed by atoms with E-state index in [-0.39, 0.29) is 0 Å². The quantitative estimate of drug-likeness (QED) is 0.527. The van der Waals surface area contributed by atoms with Crippen LogP contribution in [0.2, 0.25) is 0 Å². The Morgan fingerprint density at radius 2 is 1.89 bits per heavy atom. The molecule has 0 aromatic heterocycles. The van der Waals surface area contributed by atoms with Gasteiger partial charge in [-0.1, -0.05) is 0 Å². The second-order valence-electron chi connectivity index (χ2n) is 1.48. The molecule has 0 bridgehead atoms. The van der Waals surface area contributed by atoms with Crippen LogP contribution in [-0.4, -0.2) is 15.1 Å². The number of hydrogen-bond acceptors (Lipinski definition) is 1. The summed E-state index contributed by atoms with van der Waals surface area (Å²) in [6.45, 7) is 0. The first-order chi connectivity index (χ1) is 4.43. The Hall–Kier alpha value is -0.161. The summed E-state index contributed by atoms with van der Waals surface area (Å²) in [6, 6.07) is 9.69. The molecule has 1 aromatic rings. The van der Waals surface area contributed by atoms with Gasteiger partial charge < -0.3 is 0 Å². The number of benzene rings is 1. The van der Waals surface area contributed by atoms with Crippen molar-refractivity contribution in [1.29, 1.82) is 0 Å². The van der Waals surface area contributed by atoms with E-state index >= 15 is 0 Å². The maximum atomic E-state index is 5.12. The van der Waals surface area contributed by atoms with E-state index in [0.717, 1.165) is 12.8 Å². The van der Waals surface area contributed by atoms with Crippen molar-refractivity contribution in [1.82, 2.24) is 0 Å². The molecule has 1 aromatic carbocycles. The Kier molecular flexibility index (Phi) is 2.93. The molecule has 0 saturated heterocycles. The summed E-state index contributed by atoms with van der Waals surface area (Å²) in [4.78, 5) is 0. The summed E-state index contributed by atoms with van der Waals surface area (Å²) in [7, 11) is 0.820. The van der Waals surface area contributed by atoms with E-state index in [4.69, 9.17) is 4.52 Å². The van der Waals surface area contributed by atoms with Crippen LogP contribution in [0.1, 0.15) is 0 Å². The fourth-order valence-electron chi connectivity index (χ4n) is 0.524. The van der Waals surface area contributed by atoms with Crippen molar-refractivity contribution in [3.8, 4) is 5.75 Å². The van der Waals surface area contributed by atoms with E-state index in [1.807, 2.05) is 30.3 Å². The van der Waals surface area contributed by atoms with Gasteiger partial charge in [-0.2, -0.15) is 0 Å². The predicted molar refractivity (Wildman–Crippen MR) is 39.7 cm³/mol. The molecule has 0 heterocycles. The summed E-state index contributed by atoms with van der Waals surface area (Å²) in [5.41, 5.74) is 0. The van der Waals surface area contributed by atoms with Crippen molar-refractivity contribution >= 4 is 22.2 Å². The maximum absolute atomic E-state index is 5.12. The average Bonchev–Trinajstić information content (AvgIpc) is 1.91. The minimum absolute atomic E-state index is 0.820. The summed E-state index contributed by atoms with van der Waals surface area (Å²) >= 11 is 2.74. The van der Waals surface area contributed by atoms with Crippen LogP contribution in [0.3, 0.4) is 0 Å². The van der Waals surface area contributed by atoms with E-state index < -0.39 is 0 Å². The zero-order chi connectivity index (χ0) is 6.53. The van der Waals surface area contributed by atoms with E-state index in [9.17, 15) is 0 Å². The summed E-state index contributed by atoms with van der Waals surface area (Å²) < 4.78 is 5.12. The van der Waals surface area contributed by atoms with Gasteiger partial charge in [0.15, 0.2) is 0 Å². The first-order valence-electron chi connectivity index (χ1n) is 2.48. The molecule has 0 N–H and O–H groups in total. The second-order valence-corrected chi connectivity index (χ2v) is 2.75. The van der Waals surface area contributed by atoms with Crippen molar-refractivity contribution in [2.75, 3.05) is 0 Å². The van der Waals surface area contributed by atoms with E-state index in [1.54, 1.807) is 0 Å². The van der Waals surface area contributed by atoms with Crippen LogP contribution >= 0.6 is 7.05 Å². The molecule has 0 aliphatic heterocycles. The molecule has 0 atom stereocenters. The molecule has 3 heteroatoms. The second kappa shape index (κ2) is 3.79. The molecule has 0 amide bonds. The fourth-order valence-corrected chi connectivity index (χ4v) is 1.27. The van der Waals surface area contributed by atoms with Gasteiger partial charge in [-0.15, -0.1) is 0 Å². The van der Waals surface area contributed by atoms with Gasteiger partial charge in [0.05, 0.1) is 0 Å².